The molecule has 1 atom stereocenters. The number of amides is 1. The lowest BCUT2D eigenvalue weighted by molar-refractivity contribution is -0.124. The molecule has 0 aliphatic carbocycles. The molecule has 3 aliphatic heterocycles. The third kappa shape index (κ3) is 6.09. The summed E-state index contributed by atoms with van der Waals surface area (Å²) >= 11 is 6.43. The van der Waals surface area contributed by atoms with E-state index in [4.69, 9.17) is 21.3 Å². The van der Waals surface area contributed by atoms with Gasteiger partial charge in [0.05, 0.1) is 22.1 Å². The minimum absolute atomic E-state index is 0.00427. The molecule has 14 heteroatoms. The fraction of sp³-hybridized carbons (Fsp3) is 0.368. The highest BCUT2D eigenvalue weighted by molar-refractivity contribution is 6.36. The van der Waals surface area contributed by atoms with E-state index in [0.717, 1.165) is 45.0 Å². The molecule has 1 unspecified atom stereocenters. The maximum absolute atomic E-state index is 16.8. The quantitative estimate of drug-likeness (QED) is 0.160. The molecule has 268 valence electrons. The largest absolute Gasteiger partial charge is 0.461 e. The number of benzene rings is 2. The lowest BCUT2D eigenvalue weighted by Crippen LogP contribution is -2.43. The minimum atomic E-state index is -0.714. The molecule has 0 bridgehead atoms. The van der Waals surface area contributed by atoms with Gasteiger partial charge in [-0.15, -0.1) is 0 Å². The molecule has 0 spiro atoms. The zero-order valence-corrected chi connectivity index (χ0v) is 29.5. The van der Waals surface area contributed by atoms with E-state index in [9.17, 15) is 13.6 Å². The predicted molar refractivity (Wildman–Crippen MR) is 193 cm³/mol. The van der Waals surface area contributed by atoms with Gasteiger partial charge in [-0.05, 0) is 69.6 Å². The fourth-order valence-corrected chi connectivity index (χ4v) is 8.26. The molecule has 3 saturated heterocycles. The Bertz CT molecular complexity index is 2240. The van der Waals surface area contributed by atoms with Gasteiger partial charge in [0.2, 0.25) is 5.91 Å². The van der Waals surface area contributed by atoms with E-state index in [1.807, 2.05) is 11.9 Å². The van der Waals surface area contributed by atoms with Crippen LogP contribution in [0.2, 0.25) is 5.02 Å². The van der Waals surface area contributed by atoms with E-state index < -0.39 is 17.5 Å². The molecule has 0 saturated carbocycles. The zero-order valence-electron chi connectivity index (χ0n) is 28.8. The SMILES string of the molecule is Cc1ncc(F)c(/C=C/C(=O)N2CCC(N(C)c3nc(OCC45CCCN4CCC5)nc4c(F)c(-c5cccc6ccc(F)c(Cl)c56)ncc34)C2)n1. The normalized spacial score (nSPS) is 18.6. The van der Waals surface area contributed by atoms with Crippen LogP contribution in [0.5, 0.6) is 6.01 Å². The van der Waals surface area contributed by atoms with E-state index in [1.54, 1.807) is 36.1 Å². The summed E-state index contributed by atoms with van der Waals surface area (Å²) in [7, 11) is 1.84. The van der Waals surface area contributed by atoms with E-state index in [0.29, 0.717) is 59.5 Å². The Kier molecular flexibility index (Phi) is 8.94. The number of fused-ring (bicyclic) bond motifs is 3. The van der Waals surface area contributed by atoms with E-state index in [-0.39, 0.29) is 45.4 Å². The Morgan fingerprint density at radius 3 is 2.65 bits per heavy atom. The van der Waals surface area contributed by atoms with Gasteiger partial charge in [-0.3, -0.25) is 14.7 Å². The van der Waals surface area contributed by atoms with Gasteiger partial charge in [0, 0.05) is 49.4 Å². The number of carbonyl (C=O) groups excluding carboxylic acids is 1. The van der Waals surface area contributed by atoms with Gasteiger partial charge in [0.15, 0.2) is 11.6 Å². The van der Waals surface area contributed by atoms with Crippen molar-refractivity contribution in [3.63, 3.8) is 0 Å². The lowest BCUT2D eigenvalue weighted by Gasteiger charge is -2.31. The molecule has 10 nitrogen and oxygen atoms in total. The Balaban J connectivity index is 1.14. The van der Waals surface area contributed by atoms with Gasteiger partial charge in [-0.25, -0.2) is 23.1 Å². The second kappa shape index (κ2) is 13.6. The van der Waals surface area contributed by atoms with Crippen molar-refractivity contribution in [2.45, 2.75) is 50.6 Å². The van der Waals surface area contributed by atoms with E-state index in [2.05, 4.69) is 24.8 Å². The smallest absolute Gasteiger partial charge is 0.319 e. The first-order valence-electron chi connectivity index (χ1n) is 17.4. The number of hydrogen-bond acceptors (Lipinski definition) is 9. The van der Waals surface area contributed by atoms with Crippen molar-refractivity contribution in [3.8, 4) is 17.3 Å². The number of hydrogen-bond donors (Lipinski definition) is 0. The summed E-state index contributed by atoms with van der Waals surface area (Å²) in [5.41, 5.74) is 0.253. The summed E-state index contributed by atoms with van der Waals surface area (Å²) in [5.74, 6) is -1.44. The van der Waals surface area contributed by atoms with Crippen LogP contribution in [0.4, 0.5) is 19.0 Å². The molecule has 1 amide bonds. The molecule has 5 aromatic rings. The Morgan fingerprint density at radius 1 is 1.04 bits per heavy atom. The molecule has 3 aromatic heterocycles. The molecule has 0 radical (unpaired) electrons. The number of nitrogens with zero attached hydrogens (tertiary/aromatic N) is 8. The van der Waals surface area contributed by atoms with Crippen LogP contribution >= 0.6 is 11.6 Å². The number of aromatic nitrogens is 5. The summed E-state index contributed by atoms with van der Waals surface area (Å²) in [6, 6.07) is 7.89. The topological polar surface area (TPSA) is 100 Å². The van der Waals surface area contributed by atoms with Crippen LogP contribution in [0.25, 0.3) is 39.0 Å². The number of rotatable bonds is 8. The van der Waals surface area contributed by atoms with Gasteiger partial charge in [0.25, 0.3) is 0 Å². The first-order chi connectivity index (χ1) is 25.1. The molecule has 52 heavy (non-hydrogen) atoms. The number of likely N-dealkylation sites (N-methyl/N-ethyl adjacent to an activating group) is 1. The lowest BCUT2D eigenvalue weighted by atomic mass is 9.95. The van der Waals surface area contributed by atoms with Crippen LogP contribution in [0, 0.1) is 24.4 Å². The molecule has 3 fully saturated rings. The van der Waals surface area contributed by atoms with Gasteiger partial charge >= 0.3 is 6.01 Å². The number of ether oxygens (including phenoxy) is 1. The van der Waals surface area contributed by atoms with Gasteiger partial charge in [-0.1, -0.05) is 35.9 Å². The van der Waals surface area contributed by atoms with Crippen LogP contribution in [-0.2, 0) is 4.79 Å². The third-order valence-corrected chi connectivity index (χ3v) is 11.1. The molecular formula is C38H36ClF3N8O2. The first kappa shape index (κ1) is 34.2. The van der Waals surface area contributed by atoms with Gasteiger partial charge < -0.3 is 14.5 Å². The number of halogens is 4. The van der Waals surface area contributed by atoms with Crippen molar-refractivity contribution in [1.82, 2.24) is 34.7 Å². The zero-order chi connectivity index (χ0) is 36.1. The number of aryl methyl sites for hydroxylation is 1. The van der Waals surface area contributed by atoms with E-state index >= 15 is 4.39 Å². The summed E-state index contributed by atoms with van der Waals surface area (Å²) in [6.07, 6.45) is 10.1. The van der Waals surface area contributed by atoms with Crippen LogP contribution in [0.15, 0.2) is 48.8 Å². The summed E-state index contributed by atoms with van der Waals surface area (Å²) in [4.78, 5) is 41.1. The minimum Gasteiger partial charge on any atom is -0.461 e. The fourth-order valence-electron chi connectivity index (χ4n) is 7.99. The summed E-state index contributed by atoms with van der Waals surface area (Å²) in [6.45, 7) is 4.86. The number of pyridine rings is 1. The highest BCUT2D eigenvalue weighted by Crippen LogP contribution is 2.41. The standard InChI is InChI=1S/C38H36ClF3N8O2/c1-22-43-19-28(41)29(45-22)10-11-30(51)49-17-12-24(20-49)48(2)36-26-18-44-34(25-7-3-6-23-8-9-27(40)32(39)31(23)25)33(42)35(26)46-37(47-36)52-21-38-13-4-15-50(38)16-5-14-38/h3,6-11,18-19,24H,4-5,12-17,20-21H2,1-2H3/b11-10+. The third-order valence-electron chi connectivity index (χ3n) is 10.7. The van der Waals surface area contributed by atoms with Crippen LogP contribution < -0.4 is 9.64 Å². The Hall–Kier alpha value is -4.88. The van der Waals surface area contributed by atoms with Crippen LogP contribution in [-0.4, -0.2) is 92.0 Å². The molecule has 2 aromatic carbocycles. The van der Waals surface area contributed by atoms with Crippen molar-refractivity contribution >= 4 is 51.1 Å². The van der Waals surface area contributed by atoms with Gasteiger partial charge in [-0.2, -0.15) is 9.97 Å². The van der Waals surface area contributed by atoms with Crippen molar-refractivity contribution in [2.24, 2.45) is 0 Å². The second-order valence-electron chi connectivity index (χ2n) is 13.8. The molecule has 0 N–H and O–H groups in total. The van der Waals surface area contributed by atoms with Crippen LogP contribution in [0.3, 0.4) is 0 Å². The number of anilines is 1. The Morgan fingerprint density at radius 2 is 1.85 bits per heavy atom. The highest BCUT2D eigenvalue weighted by atomic mass is 35.5. The van der Waals surface area contributed by atoms with Crippen molar-refractivity contribution < 1.29 is 22.7 Å². The van der Waals surface area contributed by atoms with Crippen molar-refractivity contribution in [3.05, 3.63) is 82.8 Å². The summed E-state index contributed by atoms with van der Waals surface area (Å²) < 4.78 is 52.0. The molecule has 3 aliphatic rings. The van der Waals surface area contributed by atoms with Crippen LogP contribution in [0.1, 0.15) is 43.6 Å². The summed E-state index contributed by atoms with van der Waals surface area (Å²) in [5, 5.41) is 1.23. The highest BCUT2D eigenvalue weighted by Gasteiger charge is 2.45. The number of carbonyl (C=O) groups is 1. The molecular weight excluding hydrogens is 693 g/mol. The van der Waals surface area contributed by atoms with E-state index in [1.165, 1.54) is 24.4 Å². The monoisotopic (exact) mass is 728 g/mol. The van der Waals surface area contributed by atoms with Gasteiger partial charge in [0.1, 0.15) is 41.0 Å². The predicted octanol–water partition coefficient (Wildman–Crippen LogP) is 6.77. The van der Waals surface area contributed by atoms with Crippen molar-refractivity contribution in [1.29, 1.82) is 0 Å². The Labute approximate surface area is 303 Å². The average molecular weight is 729 g/mol. The maximum atomic E-state index is 16.8. The van der Waals surface area contributed by atoms with Crippen molar-refractivity contribution in [2.75, 3.05) is 44.7 Å². The first-order valence-corrected chi connectivity index (χ1v) is 17.8. The molecule has 8 rings (SSSR count). The average Bonchev–Trinajstić information content (AvgIpc) is 3.89. The second-order valence-corrected chi connectivity index (χ2v) is 14.2. The molecule has 6 heterocycles. The number of likely N-dealkylation sites (tertiary alicyclic amines) is 1. The maximum Gasteiger partial charge on any atom is 0.319 e.